The van der Waals surface area contributed by atoms with Gasteiger partial charge in [-0.25, -0.2) is 0 Å². The predicted octanol–water partition coefficient (Wildman–Crippen LogP) is 3.55. The first-order valence-electron chi connectivity index (χ1n) is 5.65. The number of nitrogens with zero attached hydrogens (tertiary/aromatic N) is 1. The van der Waals surface area contributed by atoms with Crippen LogP contribution in [0.25, 0.3) is 6.08 Å². The zero-order valence-electron chi connectivity index (χ0n) is 10.1. The number of benzene rings is 1. The van der Waals surface area contributed by atoms with E-state index >= 15 is 0 Å². The maximum absolute atomic E-state index is 11.8. The topological polar surface area (TPSA) is 50.1 Å². The van der Waals surface area contributed by atoms with Gasteiger partial charge in [-0.3, -0.25) is 4.79 Å². The third-order valence-electron chi connectivity index (χ3n) is 2.37. The van der Waals surface area contributed by atoms with Crippen LogP contribution in [-0.2, 0) is 0 Å². The van der Waals surface area contributed by atoms with Crippen LogP contribution in [0, 0.1) is 11.3 Å². The van der Waals surface area contributed by atoms with Crippen LogP contribution in [0.1, 0.15) is 15.2 Å². The van der Waals surface area contributed by atoms with Crippen LogP contribution in [0.5, 0.6) is 5.75 Å². The summed E-state index contributed by atoms with van der Waals surface area (Å²) in [7, 11) is 0. The molecule has 94 valence electrons. The molecule has 0 radical (unpaired) electrons. The van der Waals surface area contributed by atoms with Gasteiger partial charge in [0.05, 0.1) is 4.88 Å². The van der Waals surface area contributed by atoms with Gasteiger partial charge in [0.1, 0.15) is 11.8 Å². The molecule has 0 aliphatic heterocycles. The molecule has 0 spiro atoms. The maximum atomic E-state index is 11.8. The van der Waals surface area contributed by atoms with Gasteiger partial charge in [-0.1, -0.05) is 24.3 Å². The van der Waals surface area contributed by atoms with Crippen molar-refractivity contribution in [2.45, 2.75) is 0 Å². The van der Waals surface area contributed by atoms with E-state index in [1.54, 1.807) is 30.4 Å². The van der Waals surface area contributed by atoms with Gasteiger partial charge < -0.3 is 4.74 Å². The zero-order valence-corrected chi connectivity index (χ0v) is 10.9. The Labute approximate surface area is 115 Å². The van der Waals surface area contributed by atoms with Gasteiger partial charge in [-0.2, -0.15) is 5.26 Å². The number of rotatable bonds is 5. The molecule has 0 bridgehead atoms. The van der Waals surface area contributed by atoms with Gasteiger partial charge in [-0.05, 0) is 35.2 Å². The molecule has 2 aromatic rings. The summed E-state index contributed by atoms with van der Waals surface area (Å²) >= 11 is 1.43. The fourth-order valence-corrected chi connectivity index (χ4v) is 2.11. The molecule has 19 heavy (non-hydrogen) atoms. The SMILES string of the molecule is N#CCOc1ccc(/C=C/C(=O)c2cccs2)cc1. The van der Waals surface area contributed by atoms with Crippen molar-refractivity contribution in [3.63, 3.8) is 0 Å². The van der Waals surface area contributed by atoms with E-state index in [4.69, 9.17) is 10.00 Å². The van der Waals surface area contributed by atoms with Gasteiger partial charge in [0.15, 0.2) is 12.4 Å². The van der Waals surface area contributed by atoms with Crippen LogP contribution in [0.3, 0.4) is 0 Å². The molecular weight excluding hydrogens is 258 g/mol. The molecular formula is C15H11NO2S. The molecule has 0 aliphatic rings. The van der Waals surface area contributed by atoms with Gasteiger partial charge in [0.2, 0.25) is 0 Å². The first kappa shape index (κ1) is 13.1. The summed E-state index contributed by atoms with van der Waals surface area (Å²) < 4.78 is 5.14. The number of carbonyl (C=O) groups excluding carboxylic acids is 1. The number of nitriles is 1. The Kier molecular flexibility index (Phi) is 4.49. The fourth-order valence-electron chi connectivity index (χ4n) is 1.46. The Balaban J connectivity index is 1.99. The minimum absolute atomic E-state index is 0.000179. The van der Waals surface area contributed by atoms with E-state index in [2.05, 4.69) is 0 Å². The third-order valence-corrected chi connectivity index (χ3v) is 3.26. The molecule has 0 N–H and O–H groups in total. The van der Waals surface area contributed by atoms with E-state index in [1.807, 2.05) is 29.6 Å². The standard InChI is InChI=1S/C15H11NO2S/c16-9-10-18-13-6-3-12(4-7-13)5-8-14(17)15-2-1-11-19-15/h1-8,11H,10H2/b8-5+. The maximum Gasteiger partial charge on any atom is 0.195 e. The molecule has 0 unspecified atom stereocenters. The Hall–Kier alpha value is -2.38. The molecule has 2 rings (SSSR count). The van der Waals surface area contributed by atoms with Crippen LogP contribution in [0.2, 0.25) is 0 Å². The molecule has 1 heterocycles. The average molecular weight is 269 g/mol. The van der Waals surface area contributed by atoms with Crippen LogP contribution in [0.15, 0.2) is 47.9 Å². The normalized spacial score (nSPS) is 10.3. The number of ether oxygens (including phenoxy) is 1. The smallest absolute Gasteiger partial charge is 0.195 e. The van der Waals surface area contributed by atoms with Crippen LogP contribution >= 0.6 is 11.3 Å². The van der Waals surface area contributed by atoms with Crippen molar-refractivity contribution in [3.05, 3.63) is 58.3 Å². The molecule has 0 saturated heterocycles. The van der Waals surface area contributed by atoms with Crippen molar-refractivity contribution < 1.29 is 9.53 Å². The summed E-state index contributed by atoms with van der Waals surface area (Å²) in [6, 6.07) is 12.8. The lowest BCUT2D eigenvalue weighted by Crippen LogP contribution is -1.92. The second kappa shape index (κ2) is 6.53. The highest BCUT2D eigenvalue weighted by Gasteiger charge is 2.01. The van der Waals surface area contributed by atoms with E-state index in [1.165, 1.54) is 11.3 Å². The number of hydrogen-bond donors (Lipinski definition) is 0. The van der Waals surface area contributed by atoms with Crippen molar-refractivity contribution >= 4 is 23.2 Å². The highest BCUT2D eigenvalue weighted by molar-refractivity contribution is 7.12. The second-order valence-corrected chi connectivity index (χ2v) is 4.64. The second-order valence-electron chi connectivity index (χ2n) is 3.69. The predicted molar refractivity (Wildman–Crippen MR) is 75.2 cm³/mol. The summed E-state index contributed by atoms with van der Waals surface area (Å²) in [6.45, 7) is 0.0338. The van der Waals surface area contributed by atoms with Crippen molar-refractivity contribution in [1.82, 2.24) is 0 Å². The molecule has 0 atom stereocenters. The lowest BCUT2D eigenvalue weighted by atomic mass is 10.2. The fraction of sp³-hybridized carbons (Fsp3) is 0.0667. The Morgan fingerprint density at radius 3 is 2.74 bits per heavy atom. The molecule has 0 fully saturated rings. The summed E-state index contributed by atoms with van der Waals surface area (Å²) in [6.07, 6.45) is 3.31. The molecule has 0 amide bonds. The monoisotopic (exact) mass is 269 g/mol. The van der Waals surface area contributed by atoms with Crippen LogP contribution in [0.4, 0.5) is 0 Å². The first-order valence-corrected chi connectivity index (χ1v) is 6.53. The lowest BCUT2D eigenvalue weighted by molar-refractivity contribution is 0.105. The first-order chi connectivity index (χ1) is 9.29. The van der Waals surface area contributed by atoms with Crippen molar-refractivity contribution in [3.8, 4) is 11.8 Å². The van der Waals surface area contributed by atoms with Gasteiger partial charge in [0.25, 0.3) is 0 Å². The summed E-state index contributed by atoms with van der Waals surface area (Å²) in [5.74, 6) is 0.642. The molecule has 1 aromatic carbocycles. The van der Waals surface area contributed by atoms with E-state index in [9.17, 15) is 4.79 Å². The Morgan fingerprint density at radius 1 is 1.32 bits per heavy atom. The van der Waals surface area contributed by atoms with Crippen LogP contribution < -0.4 is 4.74 Å². The third kappa shape index (κ3) is 3.80. The van der Waals surface area contributed by atoms with Gasteiger partial charge in [-0.15, -0.1) is 11.3 Å². The number of ketones is 1. The quantitative estimate of drug-likeness (QED) is 0.616. The number of thiophene rings is 1. The van der Waals surface area contributed by atoms with E-state index < -0.39 is 0 Å². The van der Waals surface area contributed by atoms with E-state index in [0.29, 0.717) is 5.75 Å². The van der Waals surface area contributed by atoms with Crippen LogP contribution in [-0.4, -0.2) is 12.4 Å². The Morgan fingerprint density at radius 2 is 2.11 bits per heavy atom. The summed E-state index contributed by atoms with van der Waals surface area (Å²) in [5, 5.41) is 10.3. The molecule has 0 aliphatic carbocycles. The van der Waals surface area contributed by atoms with Gasteiger partial charge in [0, 0.05) is 0 Å². The minimum atomic E-state index is -0.000179. The Bertz CT molecular complexity index is 607. The van der Waals surface area contributed by atoms with Gasteiger partial charge >= 0.3 is 0 Å². The zero-order chi connectivity index (χ0) is 13.5. The molecule has 0 saturated carbocycles. The number of allylic oxidation sites excluding steroid dienone is 1. The van der Waals surface area contributed by atoms with Crippen molar-refractivity contribution in [2.75, 3.05) is 6.61 Å². The summed E-state index contributed by atoms with van der Waals surface area (Å²) in [5.41, 5.74) is 0.911. The minimum Gasteiger partial charge on any atom is -0.479 e. The molecule has 4 heteroatoms. The highest BCUT2D eigenvalue weighted by atomic mass is 32.1. The van der Waals surface area contributed by atoms with E-state index in [0.717, 1.165) is 10.4 Å². The van der Waals surface area contributed by atoms with Crippen molar-refractivity contribution in [1.29, 1.82) is 5.26 Å². The number of carbonyl (C=O) groups is 1. The average Bonchev–Trinajstić information content (AvgIpc) is 2.98. The number of hydrogen-bond acceptors (Lipinski definition) is 4. The summed E-state index contributed by atoms with van der Waals surface area (Å²) in [4.78, 5) is 12.5. The largest absolute Gasteiger partial charge is 0.479 e. The highest BCUT2D eigenvalue weighted by Crippen LogP contribution is 2.14. The lowest BCUT2D eigenvalue weighted by Gasteiger charge is -2.00. The van der Waals surface area contributed by atoms with E-state index in [-0.39, 0.29) is 12.4 Å². The van der Waals surface area contributed by atoms with Crippen molar-refractivity contribution in [2.24, 2.45) is 0 Å². The molecule has 1 aromatic heterocycles. The molecule has 3 nitrogen and oxygen atoms in total.